The minimum Gasteiger partial charge on any atom is -0.317 e. The number of hydrogen-bond donors (Lipinski definition) is 1. The first-order valence-electron chi connectivity index (χ1n) is 5.78. The van der Waals surface area contributed by atoms with Crippen molar-refractivity contribution in [1.82, 2.24) is 5.32 Å². The lowest BCUT2D eigenvalue weighted by atomic mass is 10.0. The van der Waals surface area contributed by atoms with Crippen LogP contribution in [-0.4, -0.2) is 13.1 Å². The Labute approximate surface area is 108 Å². The van der Waals surface area contributed by atoms with Crippen molar-refractivity contribution in [2.45, 2.75) is 38.6 Å². The van der Waals surface area contributed by atoms with E-state index in [9.17, 15) is 0 Å². The molecule has 0 saturated heterocycles. The lowest BCUT2D eigenvalue weighted by molar-refractivity contribution is 0.498. The van der Waals surface area contributed by atoms with E-state index in [1.165, 1.54) is 24.8 Å². The zero-order valence-corrected chi connectivity index (χ0v) is 11.4. The number of benzene rings is 1. The summed E-state index contributed by atoms with van der Waals surface area (Å²) in [5.41, 5.74) is 1.17. The molecule has 0 bridgehead atoms. The van der Waals surface area contributed by atoms with Crippen LogP contribution in [0.1, 0.15) is 31.7 Å². The standard InChI is InChI=1S/C13H19Cl2N/c1-3-4-5-12(16-2)8-10-6-7-11(14)9-13(10)15/h6-7,9,12,16H,3-5,8H2,1-2H3. The molecule has 0 aliphatic rings. The highest BCUT2D eigenvalue weighted by Crippen LogP contribution is 2.22. The maximum Gasteiger partial charge on any atom is 0.0453 e. The molecule has 1 aromatic rings. The maximum absolute atomic E-state index is 6.15. The number of hydrogen-bond acceptors (Lipinski definition) is 1. The normalized spacial score (nSPS) is 12.8. The number of nitrogens with one attached hydrogen (secondary N) is 1. The van der Waals surface area contributed by atoms with Gasteiger partial charge < -0.3 is 5.32 Å². The first-order chi connectivity index (χ1) is 7.67. The third kappa shape index (κ3) is 4.32. The van der Waals surface area contributed by atoms with Gasteiger partial charge in [-0.3, -0.25) is 0 Å². The molecule has 1 aromatic carbocycles. The predicted molar refractivity (Wildman–Crippen MR) is 72.5 cm³/mol. The molecule has 1 unspecified atom stereocenters. The molecule has 16 heavy (non-hydrogen) atoms. The van der Waals surface area contributed by atoms with Gasteiger partial charge in [-0.1, -0.05) is 49.0 Å². The van der Waals surface area contributed by atoms with Crippen LogP contribution < -0.4 is 5.32 Å². The molecule has 1 atom stereocenters. The number of unbranched alkanes of at least 4 members (excludes halogenated alkanes) is 1. The number of halogens is 2. The number of likely N-dealkylation sites (N-methyl/N-ethyl adjacent to an activating group) is 1. The Morgan fingerprint density at radius 2 is 2.06 bits per heavy atom. The van der Waals surface area contributed by atoms with E-state index >= 15 is 0 Å². The van der Waals surface area contributed by atoms with Crippen LogP contribution in [0.5, 0.6) is 0 Å². The minimum atomic E-state index is 0.499. The summed E-state index contributed by atoms with van der Waals surface area (Å²) >= 11 is 12.0. The van der Waals surface area contributed by atoms with Gasteiger partial charge in [0.15, 0.2) is 0 Å². The highest BCUT2D eigenvalue weighted by atomic mass is 35.5. The highest BCUT2D eigenvalue weighted by Gasteiger charge is 2.09. The molecule has 1 N–H and O–H groups in total. The van der Waals surface area contributed by atoms with Crippen molar-refractivity contribution in [2.24, 2.45) is 0 Å². The minimum absolute atomic E-state index is 0.499. The molecule has 3 heteroatoms. The molecule has 0 spiro atoms. The molecule has 0 aliphatic carbocycles. The summed E-state index contributed by atoms with van der Waals surface area (Å²) in [7, 11) is 2.00. The van der Waals surface area contributed by atoms with E-state index in [2.05, 4.69) is 12.2 Å². The molecule has 0 amide bonds. The summed E-state index contributed by atoms with van der Waals surface area (Å²) in [5.74, 6) is 0. The predicted octanol–water partition coefficient (Wildman–Crippen LogP) is 4.31. The van der Waals surface area contributed by atoms with Gasteiger partial charge in [-0.05, 0) is 37.6 Å². The van der Waals surface area contributed by atoms with E-state index in [0.29, 0.717) is 11.1 Å². The molecule has 1 rings (SSSR count). The summed E-state index contributed by atoms with van der Waals surface area (Å²) in [6, 6.07) is 6.22. The SMILES string of the molecule is CCCCC(Cc1ccc(Cl)cc1Cl)NC. The van der Waals surface area contributed by atoms with Gasteiger partial charge in [-0.2, -0.15) is 0 Å². The van der Waals surface area contributed by atoms with Crippen LogP contribution in [0.3, 0.4) is 0 Å². The van der Waals surface area contributed by atoms with Gasteiger partial charge in [-0.15, -0.1) is 0 Å². The van der Waals surface area contributed by atoms with Crippen LogP contribution in [0.25, 0.3) is 0 Å². The quantitative estimate of drug-likeness (QED) is 0.803. The Kier molecular flexibility index (Phi) is 6.18. The van der Waals surface area contributed by atoms with Crippen LogP contribution in [-0.2, 0) is 6.42 Å². The van der Waals surface area contributed by atoms with Crippen molar-refractivity contribution in [3.05, 3.63) is 33.8 Å². The van der Waals surface area contributed by atoms with E-state index in [4.69, 9.17) is 23.2 Å². The van der Waals surface area contributed by atoms with Crippen molar-refractivity contribution in [1.29, 1.82) is 0 Å². The average Bonchev–Trinajstić information content (AvgIpc) is 2.27. The van der Waals surface area contributed by atoms with Crippen LogP contribution in [0.4, 0.5) is 0 Å². The van der Waals surface area contributed by atoms with Crippen LogP contribution >= 0.6 is 23.2 Å². The third-order valence-electron chi connectivity index (χ3n) is 2.80. The van der Waals surface area contributed by atoms with Crippen molar-refractivity contribution >= 4 is 23.2 Å². The Morgan fingerprint density at radius 1 is 1.31 bits per heavy atom. The van der Waals surface area contributed by atoms with Crippen molar-refractivity contribution in [3.8, 4) is 0 Å². The van der Waals surface area contributed by atoms with Gasteiger partial charge in [-0.25, -0.2) is 0 Å². The fourth-order valence-corrected chi connectivity index (χ4v) is 2.24. The summed E-state index contributed by atoms with van der Waals surface area (Å²) in [6.45, 7) is 2.21. The van der Waals surface area contributed by atoms with Gasteiger partial charge in [0.25, 0.3) is 0 Å². The molecule has 0 radical (unpaired) electrons. The van der Waals surface area contributed by atoms with Crippen molar-refractivity contribution in [2.75, 3.05) is 7.05 Å². The second-order valence-electron chi connectivity index (χ2n) is 4.07. The van der Waals surface area contributed by atoms with Crippen molar-refractivity contribution in [3.63, 3.8) is 0 Å². The Balaban J connectivity index is 2.62. The molecule has 1 nitrogen and oxygen atoms in total. The maximum atomic E-state index is 6.15. The summed E-state index contributed by atoms with van der Waals surface area (Å²) in [6.07, 6.45) is 4.63. The third-order valence-corrected chi connectivity index (χ3v) is 3.38. The van der Waals surface area contributed by atoms with Gasteiger partial charge in [0, 0.05) is 16.1 Å². The van der Waals surface area contributed by atoms with Crippen LogP contribution in [0.15, 0.2) is 18.2 Å². The topological polar surface area (TPSA) is 12.0 Å². The summed E-state index contributed by atoms with van der Waals surface area (Å²) in [4.78, 5) is 0. The molecule has 0 aliphatic heterocycles. The molecular weight excluding hydrogens is 241 g/mol. The average molecular weight is 260 g/mol. The fraction of sp³-hybridized carbons (Fsp3) is 0.538. The molecule has 0 saturated carbocycles. The van der Waals surface area contributed by atoms with Crippen LogP contribution in [0.2, 0.25) is 10.0 Å². The van der Waals surface area contributed by atoms with E-state index in [0.717, 1.165) is 11.4 Å². The first-order valence-corrected chi connectivity index (χ1v) is 6.54. The van der Waals surface area contributed by atoms with Gasteiger partial charge >= 0.3 is 0 Å². The zero-order chi connectivity index (χ0) is 12.0. The molecule has 0 aromatic heterocycles. The summed E-state index contributed by atoms with van der Waals surface area (Å²) < 4.78 is 0. The largest absolute Gasteiger partial charge is 0.317 e. The first kappa shape index (κ1) is 13.8. The lowest BCUT2D eigenvalue weighted by Crippen LogP contribution is -2.27. The van der Waals surface area contributed by atoms with E-state index in [1.54, 1.807) is 0 Å². The Morgan fingerprint density at radius 3 is 2.62 bits per heavy atom. The second-order valence-corrected chi connectivity index (χ2v) is 4.91. The second kappa shape index (κ2) is 7.16. The van der Waals surface area contributed by atoms with Crippen LogP contribution in [0, 0.1) is 0 Å². The van der Waals surface area contributed by atoms with Gasteiger partial charge in [0.1, 0.15) is 0 Å². The molecule has 90 valence electrons. The van der Waals surface area contributed by atoms with Gasteiger partial charge in [0.05, 0.1) is 0 Å². The number of rotatable bonds is 6. The van der Waals surface area contributed by atoms with E-state index in [-0.39, 0.29) is 0 Å². The smallest absolute Gasteiger partial charge is 0.0453 e. The summed E-state index contributed by atoms with van der Waals surface area (Å²) in [5, 5.41) is 4.80. The Bertz CT molecular complexity index is 326. The van der Waals surface area contributed by atoms with Crippen molar-refractivity contribution < 1.29 is 0 Å². The monoisotopic (exact) mass is 259 g/mol. The lowest BCUT2D eigenvalue weighted by Gasteiger charge is -2.16. The fourth-order valence-electron chi connectivity index (χ4n) is 1.75. The van der Waals surface area contributed by atoms with Gasteiger partial charge in [0.2, 0.25) is 0 Å². The van der Waals surface area contributed by atoms with E-state index < -0.39 is 0 Å². The Hall–Kier alpha value is -0.240. The molecule has 0 fully saturated rings. The molecular formula is C13H19Cl2N. The highest BCUT2D eigenvalue weighted by molar-refractivity contribution is 6.35. The molecule has 0 heterocycles. The van der Waals surface area contributed by atoms with E-state index in [1.807, 2.05) is 25.2 Å². The zero-order valence-electron chi connectivity index (χ0n) is 9.89.